The van der Waals surface area contributed by atoms with Crippen LogP contribution in [0.3, 0.4) is 0 Å². The van der Waals surface area contributed by atoms with Gasteiger partial charge in [-0.2, -0.15) is 0 Å². The van der Waals surface area contributed by atoms with Gasteiger partial charge in [-0.25, -0.2) is 0 Å². The summed E-state index contributed by atoms with van der Waals surface area (Å²) in [6.07, 6.45) is 3.54. The molecule has 1 aromatic heterocycles. The van der Waals surface area contributed by atoms with Crippen molar-refractivity contribution >= 4 is 6.29 Å². The van der Waals surface area contributed by atoms with Crippen LogP contribution in [0.1, 0.15) is 23.0 Å². The van der Waals surface area contributed by atoms with E-state index >= 15 is 0 Å². The van der Waals surface area contributed by atoms with Crippen LogP contribution in [-0.2, 0) is 6.42 Å². The molecule has 1 aromatic rings. The zero-order chi connectivity index (χ0) is 6.69. The Morgan fingerprint density at radius 1 is 1.78 bits per heavy atom. The molecule has 48 valence electrons. The molecule has 0 amide bonds. The van der Waals surface area contributed by atoms with Gasteiger partial charge in [0.2, 0.25) is 0 Å². The van der Waals surface area contributed by atoms with Crippen molar-refractivity contribution < 1.29 is 4.79 Å². The number of hydrogen-bond acceptors (Lipinski definition) is 1. The van der Waals surface area contributed by atoms with Crippen LogP contribution in [0.15, 0.2) is 12.3 Å². The molecule has 0 unspecified atom stereocenters. The third kappa shape index (κ3) is 1.02. The Kier molecular flexibility index (Phi) is 1.68. The van der Waals surface area contributed by atoms with E-state index in [0.29, 0.717) is 5.69 Å². The third-order valence-electron chi connectivity index (χ3n) is 1.37. The first-order chi connectivity index (χ1) is 4.38. The van der Waals surface area contributed by atoms with E-state index in [9.17, 15) is 4.79 Å². The number of H-pyrrole nitrogens is 1. The molecule has 0 saturated carbocycles. The van der Waals surface area contributed by atoms with E-state index in [4.69, 9.17) is 0 Å². The van der Waals surface area contributed by atoms with Crippen molar-refractivity contribution in [3.05, 3.63) is 23.5 Å². The van der Waals surface area contributed by atoms with Crippen LogP contribution in [0.2, 0.25) is 0 Å². The van der Waals surface area contributed by atoms with Crippen molar-refractivity contribution in [2.24, 2.45) is 0 Å². The Morgan fingerprint density at radius 2 is 2.56 bits per heavy atom. The molecule has 0 radical (unpaired) electrons. The summed E-state index contributed by atoms with van der Waals surface area (Å²) in [6, 6.07) is 1.92. The van der Waals surface area contributed by atoms with Gasteiger partial charge in [0.05, 0.1) is 5.69 Å². The lowest BCUT2D eigenvalue weighted by atomic mass is 10.2. The number of hydrogen-bond donors (Lipinski definition) is 1. The summed E-state index contributed by atoms with van der Waals surface area (Å²) >= 11 is 0. The minimum Gasteiger partial charge on any atom is -0.359 e. The van der Waals surface area contributed by atoms with Crippen LogP contribution in [-0.4, -0.2) is 11.3 Å². The first-order valence-electron chi connectivity index (χ1n) is 3.00. The lowest BCUT2D eigenvalue weighted by Crippen LogP contribution is -1.84. The molecule has 1 rings (SSSR count). The topological polar surface area (TPSA) is 32.9 Å². The number of nitrogens with one attached hydrogen (secondary N) is 1. The molecule has 2 nitrogen and oxygen atoms in total. The molecule has 9 heavy (non-hydrogen) atoms. The number of aromatic amines is 1. The van der Waals surface area contributed by atoms with Crippen molar-refractivity contribution in [3.8, 4) is 0 Å². The molecule has 0 aliphatic rings. The second-order valence-corrected chi connectivity index (χ2v) is 1.89. The quantitative estimate of drug-likeness (QED) is 0.592. The maximum Gasteiger partial charge on any atom is 0.166 e. The molecule has 0 aromatic carbocycles. The van der Waals surface area contributed by atoms with Gasteiger partial charge in [0.15, 0.2) is 6.29 Å². The number of carbonyl (C=O) groups is 1. The highest BCUT2D eigenvalue weighted by Crippen LogP contribution is 2.03. The van der Waals surface area contributed by atoms with E-state index in [1.54, 1.807) is 6.20 Å². The summed E-state index contributed by atoms with van der Waals surface area (Å²) in [7, 11) is 0. The molecule has 1 heterocycles. The lowest BCUT2D eigenvalue weighted by Gasteiger charge is -1.87. The Hall–Kier alpha value is -1.05. The molecule has 0 atom stereocenters. The van der Waals surface area contributed by atoms with Crippen LogP contribution in [0, 0.1) is 0 Å². The minimum atomic E-state index is 0.706. The second-order valence-electron chi connectivity index (χ2n) is 1.89. The average Bonchev–Trinajstić information content (AvgIpc) is 2.33. The predicted molar refractivity (Wildman–Crippen MR) is 35.6 cm³/mol. The van der Waals surface area contributed by atoms with Gasteiger partial charge in [0, 0.05) is 6.20 Å². The van der Waals surface area contributed by atoms with Gasteiger partial charge in [0.1, 0.15) is 0 Å². The lowest BCUT2D eigenvalue weighted by molar-refractivity contribution is 0.111. The van der Waals surface area contributed by atoms with Crippen molar-refractivity contribution in [1.82, 2.24) is 4.98 Å². The van der Waals surface area contributed by atoms with E-state index < -0.39 is 0 Å². The van der Waals surface area contributed by atoms with E-state index in [-0.39, 0.29) is 0 Å². The Balaban J connectivity index is 2.98. The minimum absolute atomic E-state index is 0.706. The molecule has 1 N–H and O–H groups in total. The summed E-state index contributed by atoms with van der Waals surface area (Å²) in [4.78, 5) is 13.1. The van der Waals surface area contributed by atoms with Crippen LogP contribution >= 0.6 is 0 Å². The van der Waals surface area contributed by atoms with E-state index in [1.165, 1.54) is 0 Å². The largest absolute Gasteiger partial charge is 0.359 e. The Bertz CT molecular complexity index is 202. The maximum absolute atomic E-state index is 10.2. The SMILES string of the molecule is CCc1cc[nH]c1C=O. The van der Waals surface area contributed by atoms with Gasteiger partial charge in [0.25, 0.3) is 0 Å². The highest BCUT2D eigenvalue weighted by molar-refractivity contribution is 5.74. The summed E-state index contributed by atoms with van der Waals surface area (Å²) in [5, 5.41) is 0. The predicted octanol–water partition coefficient (Wildman–Crippen LogP) is 1.39. The van der Waals surface area contributed by atoms with Crippen molar-refractivity contribution in [2.75, 3.05) is 0 Å². The second kappa shape index (κ2) is 2.49. The molecule has 0 saturated heterocycles. The fraction of sp³-hybridized carbons (Fsp3) is 0.286. The van der Waals surface area contributed by atoms with E-state index in [1.807, 2.05) is 13.0 Å². The first-order valence-corrected chi connectivity index (χ1v) is 3.00. The zero-order valence-electron chi connectivity index (χ0n) is 5.35. The fourth-order valence-electron chi connectivity index (χ4n) is 0.833. The summed E-state index contributed by atoms with van der Waals surface area (Å²) < 4.78 is 0. The van der Waals surface area contributed by atoms with Gasteiger partial charge in [-0.1, -0.05) is 6.92 Å². The molecule has 0 bridgehead atoms. The molecule has 2 heteroatoms. The normalized spacial score (nSPS) is 9.44. The van der Waals surface area contributed by atoms with Crippen molar-refractivity contribution in [1.29, 1.82) is 0 Å². The maximum atomic E-state index is 10.2. The molecule has 0 fully saturated rings. The molecular formula is C7H9NO. The first kappa shape index (κ1) is 6.08. The van der Waals surface area contributed by atoms with Gasteiger partial charge in [-0.05, 0) is 18.1 Å². The number of aromatic nitrogens is 1. The van der Waals surface area contributed by atoms with Crippen LogP contribution < -0.4 is 0 Å². The summed E-state index contributed by atoms with van der Waals surface area (Å²) in [6.45, 7) is 2.02. The average molecular weight is 123 g/mol. The van der Waals surface area contributed by atoms with Gasteiger partial charge in [-0.15, -0.1) is 0 Å². The molecule has 0 aliphatic heterocycles. The smallest absolute Gasteiger partial charge is 0.166 e. The molecular weight excluding hydrogens is 114 g/mol. The van der Waals surface area contributed by atoms with E-state index in [0.717, 1.165) is 18.3 Å². The number of aryl methyl sites for hydroxylation is 1. The van der Waals surface area contributed by atoms with Gasteiger partial charge < -0.3 is 4.98 Å². The summed E-state index contributed by atoms with van der Waals surface area (Å²) in [5.74, 6) is 0. The summed E-state index contributed by atoms with van der Waals surface area (Å²) in [5.41, 5.74) is 1.79. The number of aldehydes is 1. The molecule has 0 aliphatic carbocycles. The van der Waals surface area contributed by atoms with Crippen LogP contribution in [0.25, 0.3) is 0 Å². The number of rotatable bonds is 2. The third-order valence-corrected chi connectivity index (χ3v) is 1.37. The zero-order valence-corrected chi connectivity index (χ0v) is 5.35. The Labute approximate surface area is 53.9 Å². The van der Waals surface area contributed by atoms with Gasteiger partial charge >= 0.3 is 0 Å². The fourth-order valence-corrected chi connectivity index (χ4v) is 0.833. The Morgan fingerprint density at radius 3 is 3.00 bits per heavy atom. The van der Waals surface area contributed by atoms with Crippen molar-refractivity contribution in [2.45, 2.75) is 13.3 Å². The van der Waals surface area contributed by atoms with Crippen LogP contribution in [0.4, 0.5) is 0 Å². The number of carbonyl (C=O) groups excluding carboxylic acids is 1. The monoisotopic (exact) mass is 123 g/mol. The van der Waals surface area contributed by atoms with Crippen molar-refractivity contribution in [3.63, 3.8) is 0 Å². The van der Waals surface area contributed by atoms with Gasteiger partial charge in [-0.3, -0.25) is 4.79 Å². The highest BCUT2D eigenvalue weighted by Gasteiger charge is 1.96. The highest BCUT2D eigenvalue weighted by atomic mass is 16.1. The molecule has 0 spiro atoms. The standard InChI is InChI=1S/C7H9NO/c1-2-6-3-4-8-7(6)5-9/h3-5,8H,2H2,1H3. The van der Waals surface area contributed by atoms with E-state index in [2.05, 4.69) is 4.98 Å². The van der Waals surface area contributed by atoms with Crippen LogP contribution in [0.5, 0.6) is 0 Å².